The lowest BCUT2D eigenvalue weighted by molar-refractivity contribution is 0.102. The van der Waals surface area contributed by atoms with Gasteiger partial charge in [-0.25, -0.2) is 0 Å². The Balaban J connectivity index is 1.51. The molecule has 0 bridgehead atoms. The number of anilines is 1. The highest BCUT2D eigenvalue weighted by Gasteiger charge is 2.20. The van der Waals surface area contributed by atoms with Crippen molar-refractivity contribution in [3.05, 3.63) is 100 Å². The first-order valence-electron chi connectivity index (χ1n) is 9.99. The maximum atomic E-state index is 13.1. The lowest BCUT2D eigenvalue weighted by Crippen LogP contribution is -2.25. The molecule has 0 unspecified atom stereocenters. The number of para-hydroxylation sites is 4. The van der Waals surface area contributed by atoms with Gasteiger partial charge in [-0.2, -0.15) is 0 Å². The lowest BCUT2D eigenvalue weighted by Gasteiger charge is -2.20. The minimum Gasteiger partial charge on any atom is -0.455 e. The number of aromatic nitrogens is 1. The minimum absolute atomic E-state index is 0.135. The average molecular weight is 396 g/mol. The van der Waals surface area contributed by atoms with E-state index >= 15 is 0 Å². The van der Waals surface area contributed by atoms with E-state index in [4.69, 9.17) is 4.74 Å². The van der Waals surface area contributed by atoms with Crippen molar-refractivity contribution in [2.24, 2.45) is 0 Å². The molecule has 0 radical (unpaired) electrons. The fourth-order valence-corrected chi connectivity index (χ4v) is 3.98. The molecule has 1 N–H and O–H groups in total. The zero-order chi connectivity index (χ0) is 20.5. The monoisotopic (exact) mass is 396 g/mol. The van der Waals surface area contributed by atoms with Crippen LogP contribution in [0.3, 0.4) is 0 Å². The summed E-state index contributed by atoms with van der Waals surface area (Å²) in [5.41, 5.74) is 2.50. The molecule has 0 saturated carbocycles. The van der Waals surface area contributed by atoms with Gasteiger partial charge in [-0.1, -0.05) is 42.5 Å². The Kier molecular flexibility index (Phi) is 4.56. The van der Waals surface area contributed by atoms with E-state index in [0.29, 0.717) is 22.6 Å². The molecule has 1 aromatic heterocycles. The van der Waals surface area contributed by atoms with Crippen LogP contribution in [0.1, 0.15) is 22.3 Å². The van der Waals surface area contributed by atoms with Gasteiger partial charge in [0.15, 0.2) is 5.75 Å². The number of carbonyl (C=O) groups is 1. The minimum atomic E-state index is -0.439. The molecule has 1 aliphatic heterocycles. The number of hydrogen-bond donors (Lipinski definition) is 1. The highest BCUT2D eigenvalue weighted by molar-refractivity contribution is 6.06. The van der Waals surface area contributed by atoms with Crippen molar-refractivity contribution in [3.8, 4) is 11.5 Å². The maximum Gasteiger partial charge on any atom is 0.261 e. The number of benzene rings is 3. The number of aryl methyl sites for hydroxylation is 2. The molecule has 30 heavy (non-hydrogen) atoms. The highest BCUT2D eigenvalue weighted by atomic mass is 16.5. The van der Waals surface area contributed by atoms with E-state index in [0.717, 1.165) is 30.5 Å². The smallest absolute Gasteiger partial charge is 0.261 e. The SMILES string of the molecule is O=C(Nc1ccccc1Oc1ccccc1)c1cn2c3c(cccc3c1=O)CCC2. The predicted octanol–water partition coefficient (Wildman–Crippen LogP) is 4.99. The largest absolute Gasteiger partial charge is 0.455 e. The first kappa shape index (κ1) is 18.2. The van der Waals surface area contributed by atoms with Crippen LogP contribution in [0.15, 0.2) is 83.8 Å². The summed E-state index contributed by atoms with van der Waals surface area (Å²) in [5.74, 6) is 0.745. The first-order chi connectivity index (χ1) is 14.7. The number of rotatable bonds is 4. The lowest BCUT2D eigenvalue weighted by atomic mass is 9.99. The van der Waals surface area contributed by atoms with E-state index in [1.165, 1.54) is 0 Å². The maximum absolute atomic E-state index is 13.1. The van der Waals surface area contributed by atoms with Gasteiger partial charge in [-0.15, -0.1) is 0 Å². The zero-order valence-electron chi connectivity index (χ0n) is 16.3. The van der Waals surface area contributed by atoms with Crippen LogP contribution >= 0.6 is 0 Å². The molecule has 5 rings (SSSR count). The van der Waals surface area contributed by atoms with Crippen molar-refractivity contribution >= 4 is 22.5 Å². The van der Waals surface area contributed by atoms with Crippen molar-refractivity contribution in [1.29, 1.82) is 0 Å². The summed E-state index contributed by atoms with van der Waals surface area (Å²) < 4.78 is 7.94. The van der Waals surface area contributed by atoms with Gasteiger partial charge in [0.2, 0.25) is 5.43 Å². The summed E-state index contributed by atoms with van der Waals surface area (Å²) in [6.45, 7) is 0.793. The van der Waals surface area contributed by atoms with E-state index in [1.807, 2.05) is 59.2 Å². The van der Waals surface area contributed by atoms with Crippen LogP contribution in [0.2, 0.25) is 0 Å². The van der Waals surface area contributed by atoms with Crippen LogP contribution < -0.4 is 15.5 Å². The van der Waals surface area contributed by atoms with Gasteiger partial charge < -0.3 is 14.6 Å². The van der Waals surface area contributed by atoms with Crippen molar-refractivity contribution in [2.45, 2.75) is 19.4 Å². The van der Waals surface area contributed by atoms with Gasteiger partial charge in [-0.3, -0.25) is 9.59 Å². The Morgan fingerprint density at radius 1 is 0.933 bits per heavy atom. The van der Waals surface area contributed by atoms with Crippen LogP contribution in [0, 0.1) is 0 Å². The summed E-state index contributed by atoms with van der Waals surface area (Å²) >= 11 is 0. The third-order valence-corrected chi connectivity index (χ3v) is 5.38. The summed E-state index contributed by atoms with van der Waals surface area (Å²) in [7, 11) is 0. The number of ether oxygens (including phenoxy) is 1. The molecule has 2 heterocycles. The van der Waals surface area contributed by atoms with Crippen LogP contribution in [-0.4, -0.2) is 10.5 Å². The fraction of sp³-hybridized carbons (Fsp3) is 0.120. The molecule has 5 heteroatoms. The summed E-state index contributed by atoms with van der Waals surface area (Å²) in [5, 5.41) is 3.45. The molecule has 0 saturated heterocycles. The molecule has 5 nitrogen and oxygen atoms in total. The second-order valence-corrected chi connectivity index (χ2v) is 7.35. The van der Waals surface area contributed by atoms with E-state index in [2.05, 4.69) is 5.32 Å². The second kappa shape index (κ2) is 7.52. The molecule has 3 aromatic carbocycles. The van der Waals surface area contributed by atoms with E-state index in [1.54, 1.807) is 24.4 Å². The van der Waals surface area contributed by atoms with Crippen molar-refractivity contribution in [2.75, 3.05) is 5.32 Å². The Morgan fingerprint density at radius 2 is 1.73 bits per heavy atom. The zero-order valence-corrected chi connectivity index (χ0v) is 16.3. The number of nitrogens with zero attached hydrogens (tertiary/aromatic N) is 1. The number of hydrogen-bond acceptors (Lipinski definition) is 3. The Hall–Kier alpha value is -3.86. The molecule has 0 fully saturated rings. The average Bonchev–Trinajstić information content (AvgIpc) is 2.78. The molecule has 1 amide bonds. The molecule has 0 aliphatic carbocycles. The molecule has 4 aromatic rings. The fourth-order valence-electron chi connectivity index (χ4n) is 3.98. The second-order valence-electron chi connectivity index (χ2n) is 7.35. The molecule has 1 aliphatic rings. The summed E-state index contributed by atoms with van der Waals surface area (Å²) in [4.78, 5) is 26.1. The van der Waals surface area contributed by atoms with Crippen LogP contribution in [0.4, 0.5) is 5.69 Å². The predicted molar refractivity (Wildman–Crippen MR) is 117 cm³/mol. The normalized spacial score (nSPS) is 12.5. The van der Waals surface area contributed by atoms with Crippen molar-refractivity contribution in [1.82, 2.24) is 4.57 Å². The number of pyridine rings is 1. The summed E-state index contributed by atoms with van der Waals surface area (Å²) in [6, 6.07) is 22.3. The van der Waals surface area contributed by atoms with Gasteiger partial charge in [0.1, 0.15) is 11.3 Å². The van der Waals surface area contributed by atoms with Gasteiger partial charge in [0.05, 0.1) is 11.2 Å². The Morgan fingerprint density at radius 3 is 2.60 bits per heavy atom. The van der Waals surface area contributed by atoms with Gasteiger partial charge in [0, 0.05) is 18.1 Å². The molecule has 148 valence electrons. The van der Waals surface area contributed by atoms with Crippen LogP contribution in [0.25, 0.3) is 10.9 Å². The first-order valence-corrected chi connectivity index (χ1v) is 9.99. The van der Waals surface area contributed by atoms with E-state index in [-0.39, 0.29) is 11.0 Å². The molecule has 0 atom stereocenters. The Bertz CT molecular complexity index is 1310. The number of carbonyl (C=O) groups excluding carboxylic acids is 1. The Labute approximate surface area is 173 Å². The van der Waals surface area contributed by atoms with Crippen molar-refractivity contribution in [3.63, 3.8) is 0 Å². The molecular formula is C25H20N2O3. The van der Waals surface area contributed by atoms with E-state index in [9.17, 15) is 9.59 Å². The third-order valence-electron chi connectivity index (χ3n) is 5.38. The summed E-state index contributed by atoms with van der Waals surface area (Å²) in [6.07, 6.45) is 3.62. The molecule has 0 spiro atoms. The number of amides is 1. The standard InChI is InChI=1S/C25H20N2O3/c28-24-19-12-6-8-17-9-7-15-27(23(17)19)16-20(24)25(29)26-21-13-4-5-14-22(21)30-18-10-2-1-3-11-18/h1-6,8,10-14,16H,7,9,15H2,(H,26,29). The van der Waals surface area contributed by atoms with Gasteiger partial charge in [-0.05, 0) is 48.7 Å². The number of nitrogens with one attached hydrogen (secondary N) is 1. The molecular weight excluding hydrogens is 376 g/mol. The van der Waals surface area contributed by atoms with Gasteiger partial charge in [0.25, 0.3) is 5.91 Å². The van der Waals surface area contributed by atoms with Gasteiger partial charge >= 0.3 is 0 Å². The highest BCUT2D eigenvalue weighted by Crippen LogP contribution is 2.30. The van der Waals surface area contributed by atoms with Crippen LogP contribution in [-0.2, 0) is 13.0 Å². The van der Waals surface area contributed by atoms with E-state index < -0.39 is 5.91 Å². The third kappa shape index (κ3) is 3.24. The van der Waals surface area contributed by atoms with Crippen molar-refractivity contribution < 1.29 is 9.53 Å². The quantitative estimate of drug-likeness (QED) is 0.529. The van der Waals surface area contributed by atoms with Crippen LogP contribution in [0.5, 0.6) is 11.5 Å². The topological polar surface area (TPSA) is 60.3 Å².